The number of carbonyl (C=O) groups is 2. The number of rotatable bonds is 9. The highest BCUT2D eigenvalue weighted by Gasteiger charge is 2.29. The average molecular weight is 534 g/mol. The Morgan fingerprint density at radius 1 is 0.795 bits per heavy atom. The number of hydrogen-bond donors (Lipinski definition) is 2. The lowest BCUT2D eigenvalue weighted by Gasteiger charge is -2.15. The molecule has 200 valence electrons. The first-order valence-corrected chi connectivity index (χ1v) is 12.2. The summed E-state index contributed by atoms with van der Waals surface area (Å²) in [6, 6.07) is 24.6. The topological polar surface area (TPSA) is 80.3 Å². The molecule has 4 rings (SSSR count). The number of ether oxygens (including phenoxy) is 1. The van der Waals surface area contributed by atoms with Gasteiger partial charge in [0, 0.05) is 37.0 Å². The standard InChI is InChI=1S/C30H26F3N3O3/c31-30(32,33)23-14-12-21(13-15-23)20-39-29(38)36-19-22-7-1-2-9-25(22)26-10-3-4-11-27(26)28(37)35-18-16-24-8-5-6-17-34-24/h1-15,17H,16,18-20H2,(H,35,37)(H,36,38). The maximum atomic E-state index is 13.0. The quantitative estimate of drug-likeness (QED) is 0.270. The number of halogens is 3. The van der Waals surface area contributed by atoms with Crippen molar-refractivity contribution in [3.63, 3.8) is 0 Å². The summed E-state index contributed by atoms with van der Waals surface area (Å²) in [5.74, 6) is -0.222. The molecule has 0 aliphatic carbocycles. The molecular weight excluding hydrogens is 507 g/mol. The second-order valence-corrected chi connectivity index (χ2v) is 8.65. The van der Waals surface area contributed by atoms with E-state index >= 15 is 0 Å². The van der Waals surface area contributed by atoms with Crippen molar-refractivity contribution in [2.45, 2.75) is 25.7 Å². The van der Waals surface area contributed by atoms with E-state index < -0.39 is 17.8 Å². The third kappa shape index (κ3) is 7.67. The van der Waals surface area contributed by atoms with Crippen molar-refractivity contribution in [3.8, 4) is 11.1 Å². The zero-order chi connectivity index (χ0) is 27.7. The van der Waals surface area contributed by atoms with Crippen LogP contribution in [0.25, 0.3) is 11.1 Å². The Hall–Kier alpha value is -4.66. The fraction of sp³-hybridized carbons (Fsp3) is 0.167. The Bertz CT molecular complexity index is 1410. The van der Waals surface area contributed by atoms with Crippen LogP contribution in [-0.2, 0) is 30.5 Å². The highest BCUT2D eigenvalue weighted by Crippen LogP contribution is 2.29. The molecule has 4 aromatic rings. The smallest absolute Gasteiger partial charge is 0.416 e. The molecule has 3 aromatic carbocycles. The number of amides is 2. The molecule has 0 saturated heterocycles. The average Bonchev–Trinajstić information content (AvgIpc) is 2.95. The number of nitrogens with one attached hydrogen (secondary N) is 2. The monoisotopic (exact) mass is 533 g/mol. The maximum absolute atomic E-state index is 13.0. The van der Waals surface area contributed by atoms with Gasteiger partial charge in [-0.3, -0.25) is 9.78 Å². The molecule has 0 fully saturated rings. The van der Waals surface area contributed by atoms with Gasteiger partial charge in [0.05, 0.1) is 5.56 Å². The predicted molar refractivity (Wildman–Crippen MR) is 141 cm³/mol. The van der Waals surface area contributed by atoms with E-state index in [1.54, 1.807) is 18.3 Å². The van der Waals surface area contributed by atoms with Crippen molar-refractivity contribution in [2.24, 2.45) is 0 Å². The molecule has 2 N–H and O–H groups in total. The van der Waals surface area contributed by atoms with Crippen LogP contribution in [0.4, 0.5) is 18.0 Å². The Kier molecular flexibility index (Phi) is 8.94. The van der Waals surface area contributed by atoms with Crippen LogP contribution < -0.4 is 10.6 Å². The van der Waals surface area contributed by atoms with E-state index in [0.717, 1.165) is 29.0 Å². The van der Waals surface area contributed by atoms with Crippen LogP contribution in [0.2, 0.25) is 0 Å². The van der Waals surface area contributed by atoms with E-state index in [0.29, 0.717) is 29.7 Å². The summed E-state index contributed by atoms with van der Waals surface area (Å²) in [5.41, 5.74) is 3.29. The molecule has 9 heteroatoms. The fourth-order valence-corrected chi connectivity index (χ4v) is 3.96. The minimum absolute atomic E-state index is 0.123. The number of benzene rings is 3. The van der Waals surface area contributed by atoms with Gasteiger partial charge in [-0.25, -0.2) is 4.79 Å². The highest BCUT2D eigenvalue weighted by molar-refractivity contribution is 6.01. The van der Waals surface area contributed by atoms with Crippen LogP contribution >= 0.6 is 0 Å². The number of nitrogens with zero attached hydrogens (tertiary/aromatic N) is 1. The number of carbonyl (C=O) groups excluding carboxylic acids is 2. The van der Waals surface area contributed by atoms with Crippen LogP contribution in [0.15, 0.2) is 97.2 Å². The fourth-order valence-electron chi connectivity index (χ4n) is 3.96. The Morgan fingerprint density at radius 2 is 1.49 bits per heavy atom. The van der Waals surface area contributed by atoms with E-state index in [4.69, 9.17) is 4.74 Å². The summed E-state index contributed by atoms with van der Waals surface area (Å²) in [7, 11) is 0. The number of aromatic nitrogens is 1. The number of pyridine rings is 1. The highest BCUT2D eigenvalue weighted by atomic mass is 19.4. The number of hydrogen-bond acceptors (Lipinski definition) is 4. The summed E-state index contributed by atoms with van der Waals surface area (Å²) >= 11 is 0. The molecule has 39 heavy (non-hydrogen) atoms. The van der Waals surface area contributed by atoms with Gasteiger partial charge in [0.25, 0.3) is 5.91 Å². The molecule has 0 saturated carbocycles. The normalized spacial score (nSPS) is 11.1. The minimum atomic E-state index is -4.43. The van der Waals surface area contributed by atoms with Gasteiger partial charge in [0.1, 0.15) is 6.61 Å². The summed E-state index contributed by atoms with van der Waals surface area (Å²) < 4.78 is 43.3. The second kappa shape index (κ2) is 12.7. The van der Waals surface area contributed by atoms with Crippen LogP contribution in [-0.4, -0.2) is 23.5 Å². The van der Waals surface area contributed by atoms with E-state index in [1.165, 1.54) is 12.1 Å². The predicted octanol–water partition coefficient (Wildman–Crippen LogP) is 6.17. The lowest BCUT2D eigenvalue weighted by Crippen LogP contribution is -2.26. The summed E-state index contributed by atoms with van der Waals surface area (Å²) in [6.07, 6.45) is -2.83. The first-order valence-electron chi connectivity index (χ1n) is 12.2. The molecule has 0 spiro atoms. The molecular formula is C30H26F3N3O3. The maximum Gasteiger partial charge on any atom is 0.416 e. The zero-order valence-electron chi connectivity index (χ0n) is 20.9. The lowest BCUT2D eigenvalue weighted by atomic mass is 9.95. The molecule has 1 heterocycles. The third-order valence-electron chi connectivity index (χ3n) is 5.95. The van der Waals surface area contributed by atoms with Gasteiger partial charge in [-0.2, -0.15) is 13.2 Å². The molecule has 0 bridgehead atoms. The minimum Gasteiger partial charge on any atom is -0.445 e. The molecule has 0 atom stereocenters. The zero-order valence-corrected chi connectivity index (χ0v) is 20.9. The van der Waals surface area contributed by atoms with Crippen LogP contribution in [0.1, 0.15) is 32.7 Å². The van der Waals surface area contributed by atoms with Gasteiger partial charge < -0.3 is 15.4 Å². The second-order valence-electron chi connectivity index (χ2n) is 8.65. The summed E-state index contributed by atoms with van der Waals surface area (Å²) in [4.78, 5) is 29.6. The number of alkyl halides is 3. The summed E-state index contributed by atoms with van der Waals surface area (Å²) in [5, 5.41) is 5.61. The van der Waals surface area contributed by atoms with Gasteiger partial charge in [-0.1, -0.05) is 60.7 Å². The molecule has 0 aliphatic rings. The van der Waals surface area contributed by atoms with Gasteiger partial charge >= 0.3 is 12.3 Å². The van der Waals surface area contributed by atoms with E-state index in [1.807, 2.05) is 54.6 Å². The van der Waals surface area contributed by atoms with Gasteiger partial charge in [-0.05, 0) is 52.6 Å². The van der Waals surface area contributed by atoms with Crippen molar-refractivity contribution in [2.75, 3.05) is 6.54 Å². The van der Waals surface area contributed by atoms with E-state index in [9.17, 15) is 22.8 Å². The lowest BCUT2D eigenvalue weighted by molar-refractivity contribution is -0.137. The van der Waals surface area contributed by atoms with Crippen molar-refractivity contribution in [1.29, 1.82) is 0 Å². The van der Waals surface area contributed by atoms with Crippen molar-refractivity contribution >= 4 is 12.0 Å². The first-order chi connectivity index (χ1) is 18.8. The Balaban J connectivity index is 1.37. The van der Waals surface area contributed by atoms with Crippen LogP contribution in [0.3, 0.4) is 0 Å². The molecule has 0 radical (unpaired) electrons. The molecule has 0 aliphatic heterocycles. The molecule has 0 unspecified atom stereocenters. The molecule has 6 nitrogen and oxygen atoms in total. The number of alkyl carbamates (subject to hydrolysis) is 1. The third-order valence-corrected chi connectivity index (χ3v) is 5.95. The van der Waals surface area contributed by atoms with Crippen molar-refractivity contribution < 1.29 is 27.5 Å². The van der Waals surface area contributed by atoms with Crippen LogP contribution in [0, 0.1) is 0 Å². The SMILES string of the molecule is O=C(NCc1ccccc1-c1ccccc1C(=O)NCCc1ccccn1)OCc1ccc(C(F)(F)F)cc1. The summed E-state index contributed by atoms with van der Waals surface area (Å²) in [6.45, 7) is 0.378. The molecule has 1 aromatic heterocycles. The van der Waals surface area contributed by atoms with Gasteiger partial charge in [0.15, 0.2) is 0 Å². The van der Waals surface area contributed by atoms with Crippen molar-refractivity contribution in [1.82, 2.24) is 15.6 Å². The van der Waals surface area contributed by atoms with Gasteiger partial charge in [0.2, 0.25) is 0 Å². The largest absolute Gasteiger partial charge is 0.445 e. The van der Waals surface area contributed by atoms with E-state index in [2.05, 4.69) is 15.6 Å². The van der Waals surface area contributed by atoms with E-state index in [-0.39, 0.29) is 19.1 Å². The van der Waals surface area contributed by atoms with Gasteiger partial charge in [-0.15, -0.1) is 0 Å². The first kappa shape index (κ1) is 27.4. The molecule has 2 amide bonds. The van der Waals surface area contributed by atoms with Crippen molar-refractivity contribution in [3.05, 3.63) is 125 Å². The van der Waals surface area contributed by atoms with Crippen LogP contribution in [0.5, 0.6) is 0 Å². The Morgan fingerprint density at radius 3 is 2.21 bits per heavy atom. The Labute approximate surface area is 223 Å².